The fourth-order valence-electron chi connectivity index (χ4n) is 0.978. The summed E-state index contributed by atoms with van der Waals surface area (Å²) in [5.74, 6) is -0.388. The van der Waals surface area contributed by atoms with Crippen molar-refractivity contribution < 1.29 is 4.39 Å². The van der Waals surface area contributed by atoms with Gasteiger partial charge in [-0.1, -0.05) is 11.6 Å². The maximum Gasteiger partial charge on any atom is 0.209 e. The van der Waals surface area contributed by atoms with E-state index >= 15 is 0 Å². The summed E-state index contributed by atoms with van der Waals surface area (Å²) in [6, 6.07) is 4.46. The van der Waals surface area contributed by atoms with Crippen molar-refractivity contribution in [2.45, 2.75) is 0 Å². The van der Waals surface area contributed by atoms with Crippen LogP contribution in [0.1, 0.15) is 0 Å². The van der Waals surface area contributed by atoms with Crippen molar-refractivity contribution in [2.24, 2.45) is 0 Å². The Morgan fingerprint density at radius 2 is 2.21 bits per heavy atom. The van der Waals surface area contributed by atoms with Gasteiger partial charge in [0.25, 0.3) is 0 Å². The molecule has 1 aromatic carbocycles. The van der Waals surface area contributed by atoms with Gasteiger partial charge in [-0.2, -0.15) is 4.37 Å². The van der Waals surface area contributed by atoms with E-state index in [2.05, 4.69) is 25.3 Å². The van der Waals surface area contributed by atoms with Gasteiger partial charge in [0.1, 0.15) is 10.8 Å². The topological polar surface area (TPSA) is 25.8 Å². The van der Waals surface area contributed by atoms with Gasteiger partial charge < -0.3 is 0 Å². The Hall–Kier alpha value is -0.520. The molecule has 0 N–H and O–H groups in total. The molecule has 0 saturated carbocycles. The van der Waals surface area contributed by atoms with Crippen molar-refractivity contribution in [1.82, 2.24) is 9.36 Å². The highest BCUT2D eigenvalue weighted by Crippen LogP contribution is 2.27. The van der Waals surface area contributed by atoms with E-state index in [0.717, 1.165) is 11.5 Å². The number of aromatic nitrogens is 2. The van der Waals surface area contributed by atoms with Crippen LogP contribution in [-0.2, 0) is 0 Å². The number of hydrogen-bond donors (Lipinski definition) is 0. The number of halogens is 3. The first-order valence-corrected chi connectivity index (χ1v) is 5.56. The molecule has 0 aliphatic rings. The average molecular weight is 294 g/mol. The lowest BCUT2D eigenvalue weighted by Crippen LogP contribution is -1.82. The molecule has 0 amide bonds. The Morgan fingerprint density at radius 1 is 1.43 bits per heavy atom. The molecule has 0 bridgehead atoms. The quantitative estimate of drug-likeness (QED) is 0.800. The van der Waals surface area contributed by atoms with Gasteiger partial charge in [0.05, 0.1) is 0 Å². The molecular weight excluding hydrogens is 291 g/mol. The summed E-state index contributed by atoms with van der Waals surface area (Å²) in [6.45, 7) is 0. The van der Waals surface area contributed by atoms with Crippen LogP contribution >= 0.6 is 39.1 Å². The monoisotopic (exact) mass is 292 g/mol. The zero-order chi connectivity index (χ0) is 10.1. The average Bonchev–Trinajstić information content (AvgIpc) is 2.51. The van der Waals surface area contributed by atoms with Crippen molar-refractivity contribution in [1.29, 1.82) is 0 Å². The first kappa shape index (κ1) is 10.0. The molecule has 0 atom stereocenters. The summed E-state index contributed by atoms with van der Waals surface area (Å²) < 4.78 is 17.8. The molecule has 2 rings (SSSR count). The Labute approximate surface area is 97.0 Å². The summed E-state index contributed by atoms with van der Waals surface area (Å²) >= 11 is 9.87. The number of nitrogens with zero attached hydrogens (tertiary/aromatic N) is 2. The third-order valence-electron chi connectivity index (χ3n) is 1.56. The second-order valence-electron chi connectivity index (χ2n) is 2.49. The van der Waals surface area contributed by atoms with E-state index in [1.165, 1.54) is 6.07 Å². The van der Waals surface area contributed by atoms with E-state index < -0.39 is 0 Å². The third-order valence-corrected chi connectivity index (χ3v) is 3.14. The minimum Gasteiger partial charge on any atom is -0.209 e. The van der Waals surface area contributed by atoms with Crippen LogP contribution in [0.2, 0.25) is 5.02 Å². The molecule has 6 heteroatoms. The van der Waals surface area contributed by atoms with E-state index in [1.807, 2.05) is 0 Å². The molecule has 0 spiro atoms. The zero-order valence-electron chi connectivity index (χ0n) is 6.67. The SMILES string of the molecule is Fc1cc(Cl)ccc1-c1nc(Br)ns1. The molecule has 1 heterocycles. The maximum atomic E-state index is 13.4. The van der Waals surface area contributed by atoms with Gasteiger partial charge >= 0.3 is 0 Å². The summed E-state index contributed by atoms with van der Waals surface area (Å²) in [7, 11) is 0. The van der Waals surface area contributed by atoms with Crippen LogP contribution in [0.25, 0.3) is 10.6 Å². The van der Waals surface area contributed by atoms with Crippen LogP contribution in [-0.4, -0.2) is 9.36 Å². The van der Waals surface area contributed by atoms with Gasteiger partial charge in [-0.05, 0) is 45.7 Å². The summed E-state index contributed by atoms with van der Waals surface area (Å²) in [6.07, 6.45) is 0. The van der Waals surface area contributed by atoms with Gasteiger partial charge in [-0.3, -0.25) is 0 Å². The lowest BCUT2D eigenvalue weighted by molar-refractivity contribution is 0.631. The van der Waals surface area contributed by atoms with Gasteiger partial charge in [0, 0.05) is 10.6 Å². The molecule has 0 unspecified atom stereocenters. The number of hydrogen-bond acceptors (Lipinski definition) is 3. The molecule has 0 radical (unpaired) electrons. The summed E-state index contributed by atoms with van der Waals surface area (Å²) in [5.41, 5.74) is 0.414. The first-order chi connectivity index (χ1) is 6.66. The van der Waals surface area contributed by atoms with Crippen LogP contribution < -0.4 is 0 Å². The zero-order valence-corrected chi connectivity index (χ0v) is 9.83. The predicted molar refractivity (Wildman–Crippen MR) is 58.0 cm³/mol. The van der Waals surface area contributed by atoms with Crippen LogP contribution in [0.5, 0.6) is 0 Å². The third kappa shape index (κ3) is 1.94. The smallest absolute Gasteiger partial charge is 0.209 e. The Kier molecular flexibility index (Phi) is 2.80. The van der Waals surface area contributed by atoms with Gasteiger partial charge in [0.2, 0.25) is 4.73 Å². The van der Waals surface area contributed by atoms with Crippen LogP contribution in [0.15, 0.2) is 22.9 Å². The maximum absolute atomic E-state index is 13.4. The molecule has 1 aromatic heterocycles. The molecule has 72 valence electrons. The largest absolute Gasteiger partial charge is 0.209 e. The van der Waals surface area contributed by atoms with Crippen LogP contribution in [0, 0.1) is 5.82 Å². The molecule has 0 aliphatic heterocycles. The van der Waals surface area contributed by atoms with E-state index in [9.17, 15) is 4.39 Å². The highest BCUT2D eigenvalue weighted by molar-refractivity contribution is 9.10. The lowest BCUT2D eigenvalue weighted by atomic mass is 10.2. The highest BCUT2D eigenvalue weighted by Gasteiger charge is 2.10. The number of rotatable bonds is 1. The van der Waals surface area contributed by atoms with E-state index in [1.54, 1.807) is 12.1 Å². The lowest BCUT2D eigenvalue weighted by Gasteiger charge is -1.97. The first-order valence-electron chi connectivity index (χ1n) is 3.61. The molecule has 0 saturated heterocycles. The second-order valence-corrected chi connectivity index (χ2v) is 4.39. The van der Waals surface area contributed by atoms with Crippen molar-refractivity contribution >= 4 is 39.1 Å². The van der Waals surface area contributed by atoms with E-state index in [0.29, 0.717) is 20.3 Å². The van der Waals surface area contributed by atoms with Gasteiger partial charge in [-0.15, -0.1) is 0 Å². The number of benzene rings is 1. The minimum absolute atomic E-state index is 0.370. The van der Waals surface area contributed by atoms with Crippen LogP contribution in [0.3, 0.4) is 0 Å². The Morgan fingerprint density at radius 3 is 2.79 bits per heavy atom. The fourth-order valence-corrected chi connectivity index (χ4v) is 2.24. The molecule has 0 fully saturated rings. The van der Waals surface area contributed by atoms with Crippen molar-refractivity contribution in [3.05, 3.63) is 33.8 Å². The molecule has 14 heavy (non-hydrogen) atoms. The fraction of sp³-hybridized carbons (Fsp3) is 0. The van der Waals surface area contributed by atoms with Gasteiger partial charge in [0.15, 0.2) is 0 Å². The van der Waals surface area contributed by atoms with Crippen LogP contribution in [0.4, 0.5) is 4.39 Å². The molecular formula is C8H3BrClFN2S. The Bertz CT molecular complexity index is 474. The molecule has 2 aromatic rings. The minimum atomic E-state index is -0.388. The van der Waals surface area contributed by atoms with E-state index in [4.69, 9.17) is 11.6 Å². The summed E-state index contributed by atoms with van der Waals surface area (Å²) in [5, 5.41) is 0.904. The van der Waals surface area contributed by atoms with E-state index in [-0.39, 0.29) is 5.82 Å². The van der Waals surface area contributed by atoms with Crippen molar-refractivity contribution in [3.8, 4) is 10.6 Å². The predicted octanol–water partition coefficient (Wildman–Crippen LogP) is 3.76. The molecule has 0 aliphatic carbocycles. The van der Waals surface area contributed by atoms with Crippen molar-refractivity contribution in [2.75, 3.05) is 0 Å². The second kappa shape index (κ2) is 3.92. The van der Waals surface area contributed by atoms with Crippen molar-refractivity contribution in [3.63, 3.8) is 0 Å². The summed E-state index contributed by atoms with van der Waals surface area (Å²) in [4.78, 5) is 4.01. The standard InChI is InChI=1S/C8H3BrClFN2S/c9-8-12-7(14-13-8)5-2-1-4(10)3-6(5)11/h1-3H. The highest BCUT2D eigenvalue weighted by atomic mass is 79.9. The Balaban J connectivity index is 2.52. The normalized spacial score (nSPS) is 10.5. The van der Waals surface area contributed by atoms with Gasteiger partial charge in [-0.25, -0.2) is 9.37 Å². The molecule has 2 nitrogen and oxygen atoms in total.